The van der Waals surface area contributed by atoms with Crippen molar-refractivity contribution in [1.29, 1.82) is 0 Å². The second-order valence-corrected chi connectivity index (χ2v) is 6.52. The third kappa shape index (κ3) is 5.13. The first kappa shape index (κ1) is 15.3. The van der Waals surface area contributed by atoms with Gasteiger partial charge in [0.05, 0.1) is 0 Å². The third-order valence-electron chi connectivity index (χ3n) is 2.52. The molecule has 0 radical (unpaired) electrons. The molecule has 0 saturated heterocycles. The number of hydrogen-bond donors (Lipinski definition) is 1. The van der Waals surface area contributed by atoms with Crippen molar-refractivity contribution in [2.75, 3.05) is 11.1 Å². The Balaban J connectivity index is 1.76. The molecule has 20 heavy (non-hydrogen) atoms. The van der Waals surface area contributed by atoms with E-state index in [4.69, 9.17) is 0 Å². The van der Waals surface area contributed by atoms with Crippen molar-refractivity contribution in [3.05, 3.63) is 57.9 Å². The number of rotatable bonds is 5. The van der Waals surface area contributed by atoms with Gasteiger partial charge in [-0.25, -0.2) is 4.39 Å². The second kappa shape index (κ2) is 7.64. The number of nitrogens with one attached hydrogen (secondary N) is 1. The first-order valence-electron chi connectivity index (χ1n) is 6.07. The zero-order valence-corrected chi connectivity index (χ0v) is 13.6. The molecule has 0 aliphatic heterocycles. The van der Waals surface area contributed by atoms with Crippen molar-refractivity contribution in [2.24, 2.45) is 0 Å². The number of thioether (sulfide) groups is 1. The molecule has 2 nitrogen and oxygen atoms in total. The Kier molecular flexibility index (Phi) is 5.85. The number of hydrogen-bond acceptors (Lipinski definition) is 2. The van der Waals surface area contributed by atoms with Gasteiger partial charge in [-0.15, -0.1) is 11.8 Å². The molecule has 0 saturated carbocycles. The lowest BCUT2D eigenvalue weighted by Gasteiger charge is -2.05. The predicted octanol–water partition coefficient (Wildman–Crippen LogP) is 4.55. The van der Waals surface area contributed by atoms with E-state index in [-0.39, 0.29) is 11.7 Å². The zero-order valence-electron chi connectivity index (χ0n) is 10.6. The van der Waals surface area contributed by atoms with Gasteiger partial charge in [0.2, 0.25) is 5.91 Å². The van der Waals surface area contributed by atoms with Crippen LogP contribution >= 0.6 is 34.4 Å². The summed E-state index contributed by atoms with van der Waals surface area (Å²) in [5.74, 6) is 0.411. The lowest BCUT2D eigenvalue weighted by molar-refractivity contribution is -0.115. The molecule has 0 spiro atoms. The highest BCUT2D eigenvalue weighted by Gasteiger charge is 2.03. The smallest absolute Gasteiger partial charge is 0.225 e. The lowest BCUT2D eigenvalue weighted by atomic mass is 10.3. The first-order chi connectivity index (χ1) is 9.63. The van der Waals surface area contributed by atoms with E-state index in [1.54, 1.807) is 23.9 Å². The Hall–Kier alpha value is -1.08. The SMILES string of the molecule is O=C(CCSc1ccc(F)cc1)Nc1cccc(I)c1. The van der Waals surface area contributed by atoms with Crippen LogP contribution in [0.3, 0.4) is 0 Å². The summed E-state index contributed by atoms with van der Waals surface area (Å²) in [7, 11) is 0. The quantitative estimate of drug-likeness (QED) is 0.589. The molecule has 5 heteroatoms. The van der Waals surface area contributed by atoms with Gasteiger partial charge in [0.15, 0.2) is 0 Å². The van der Waals surface area contributed by atoms with Gasteiger partial charge >= 0.3 is 0 Å². The summed E-state index contributed by atoms with van der Waals surface area (Å²) >= 11 is 3.75. The molecule has 2 rings (SSSR count). The van der Waals surface area contributed by atoms with Crippen LogP contribution < -0.4 is 5.32 Å². The molecule has 0 heterocycles. The van der Waals surface area contributed by atoms with Crippen molar-refractivity contribution >= 4 is 45.9 Å². The molecule has 104 valence electrons. The molecule has 0 bridgehead atoms. The van der Waals surface area contributed by atoms with Crippen molar-refractivity contribution in [1.82, 2.24) is 0 Å². The maximum absolute atomic E-state index is 12.7. The molecule has 2 aromatic carbocycles. The number of carbonyl (C=O) groups is 1. The lowest BCUT2D eigenvalue weighted by Crippen LogP contribution is -2.12. The van der Waals surface area contributed by atoms with Crippen LogP contribution in [0.5, 0.6) is 0 Å². The average molecular weight is 401 g/mol. The fourth-order valence-electron chi connectivity index (χ4n) is 1.58. The maximum Gasteiger partial charge on any atom is 0.225 e. The Morgan fingerprint density at radius 2 is 1.95 bits per heavy atom. The van der Waals surface area contributed by atoms with E-state index in [1.165, 1.54) is 12.1 Å². The minimum absolute atomic E-state index is 0.0124. The second-order valence-electron chi connectivity index (χ2n) is 4.11. The van der Waals surface area contributed by atoms with E-state index in [1.807, 2.05) is 24.3 Å². The van der Waals surface area contributed by atoms with Crippen LogP contribution in [0.4, 0.5) is 10.1 Å². The Labute approximate surface area is 135 Å². The van der Waals surface area contributed by atoms with Crippen LogP contribution in [-0.2, 0) is 4.79 Å². The molecule has 0 aromatic heterocycles. The van der Waals surface area contributed by atoms with Gasteiger partial charge in [0, 0.05) is 26.3 Å². The van der Waals surface area contributed by atoms with E-state index in [2.05, 4.69) is 27.9 Å². The molecule has 0 atom stereocenters. The number of amides is 1. The van der Waals surface area contributed by atoms with Crippen LogP contribution in [-0.4, -0.2) is 11.7 Å². The molecule has 0 unspecified atom stereocenters. The average Bonchev–Trinajstić information content (AvgIpc) is 2.41. The largest absolute Gasteiger partial charge is 0.326 e. The highest BCUT2D eigenvalue weighted by atomic mass is 127. The van der Waals surface area contributed by atoms with Gasteiger partial charge < -0.3 is 5.32 Å². The molecular weight excluding hydrogens is 388 g/mol. The van der Waals surface area contributed by atoms with Gasteiger partial charge in [0.25, 0.3) is 0 Å². The number of anilines is 1. The monoisotopic (exact) mass is 401 g/mol. The summed E-state index contributed by atoms with van der Waals surface area (Å²) in [5, 5.41) is 2.86. The van der Waals surface area contributed by atoms with E-state index in [0.717, 1.165) is 14.2 Å². The summed E-state index contributed by atoms with van der Waals surface area (Å²) in [6.07, 6.45) is 0.424. The Bertz CT molecular complexity index is 589. The van der Waals surface area contributed by atoms with Crippen LogP contribution in [0, 0.1) is 9.39 Å². The molecule has 2 aromatic rings. The highest BCUT2D eigenvalue weighted by Crippen LogP contribution is 2.19. The van der Waals surface area contributed by atoms with Gasteiger partial charge in [-0.3, -0.25) is 4.79 Å². The molecule has 0 aliphatic rings. The maximum atomic E-state index is 12.7. The highest BCUT2D eigenvalue weighted by molar-refractivity contribution is 14.1. The summed E-state index contributed by atoms with van der Waals surface area (Å²) in [5.41, 5.74) is 0.814. The normalized spacial score (nSPS) is 10.3. The Morgan fingerprint density at radius 3 is 2.65 bits per heavy atom. The summed E-state index contributed by atoms with van der Waals surface area (Å²) < 4.78 is 13.8. The van der Waals surface area contributed by atoms with E-state index in [9.17, 15) is 9.18 Å². The summed E-state index contributed by atoms with van der Waals surface area (Å²) in [6.45, 7) is 0. The van der Waals surface area contributed by atoms with Gasteiger partial charge in [-0.1, -0.05) is 6.07 Å². The fourth-order valence-corrected chi connectivity index (χ4v) is 2.98. The van der Waals surface area contributed by atoms with Crippen molar-refractivity contribution in [3.8, 4) is 0 Å². The van der Waals surface area contributed by atoms with Crippen molar-refractivity contribution < 1.29 is 9.18 Å². The van der Waals surface area contributed by atoms with Crippen LogP contribution in [0.15, 0.2) is 53.4 Å². The standard InChI is InChI=1S/C15H13FINOS/c16-11-4-6-14(7-5-11)20-9-8-15(19)18-13-3-1-2-12(17)10-13/h1-7,10H,8-9H2,(H,18,19). The van der Waals surface area contributed by atoms with Crippen molar-refractivity contribution in [3.63, 3.8) is 0 Å². The predicted molar refractivity (Wildman–Crippen MR) is 89.5 cm³/mol. The van der Waals surface area contributed by atoms with Crippen molar-refractivity contribution in [2.45, 2.75) is 11.3 Å². The number of halogens is 2. The molecular formula is C15H13FINOS. The molecule has 1 N–H and O–H groups in total. The van der Waals surface area contributed by atoms with Gasteiger partial charge in [-0.05, 0) is 65.1 Å². The number of benzene rings is 2. The zero-order chi connectivity index (χ0) is 14.4. The van der Waals surface area contributed by atoms with Crippen LogP contribution in [0.1, 0.15) is 6.42 Å². The van der Waals surface area contributed by atoms with E-state index >= 15 is 0 Å². The fraction of sp³-hybridized carbons (Fsp3) is 0.133. The Morgan fingerprint density at radius 1 is 1.20 bits per heavy atom. The molecule has 1 amide bonds. The third-order valence-corrected chi connectivity index (χ3v) is 4.20. The minimum Gasteiger partial charge on any atom is -0.326 e. The van der Waals surface area contributed by atoms with Gasteiger partial charge in [0.1, 0.15) is 5.82 Å². The first-order valence-corrected chi connectivity index (χ1v) is 8.14. The summed E-state index contributed by atoms with van der Waals surface area (Å²) in [4.78, 5) is 12.7. The van der Waals surface area contributed by atoms with Crippen LogP contribution in [0.2, 0.25) is 0 Å². The van der Waals surface area contributed by atoms with Gasteiger partial charge in [-0.2, -0.15) is 0 Å². The topological polar surface area (TPSA) is 29.1 Å². The van der Waals surface area contributed by atoms with Crippen LogP contribution in [0.25, 0.3) is 0 Å². The number of carbonyl (C=O) groups excluding carboxylic acids is 1. The summed E-state index contributed by atoms with van der Waals surface area (Å²) in [6, 6.07) is 14.0. The van der Waals surface area contributed by atoms with E-state index in [0.29, 0.717) is 12.2 Å². The minimum atomic E-state index is -0.245. The van der Waals surface area contributed by atoms with E-state index < -0.39 is 0 Å². The molecule has 0 fully saturated rings. The molecule has 0 aliphatic carbocycles.